The van der Waals surface area contributed by atoms with E-state index in [2.05, 4.69) is 0 Å². The second-order valence-corrected chi connectivity index (χ2v) is 9.00. The number of fused-ring (bicyclic) bond motifs is 1. The Morgan fingerprint density at radius 3 is 2.25 bits per heavy atom. The van der Waals surface area contributed by atoms with Crippen molar-refractivity contribution in [3.8, 4) is 0 Å². The van der Waals surface area contributed by atoms with Crippen molar-refractivity contribution in [3.63, 3.8) is 0 Å². The highest BCUT2D eigenvalue weighted by molar-refractivity contribution is 7.91. The minimum absolute atomic E-state index is 0.105. The van der Waals surface area contributed by atoms with Crippen LogP contribution < -0.4 is 0 Å². The predicted octanol–water partition coefficient (Wildman–Crippen LogP) is 2.50. The van der Waals surface area contributed by atoms with Crippen molar-refractivity contribution in [1.82, 2.24) is 4.90 Å². The van der Waals surface area contributed by atoms with E-state index in [0.717, 1.165) is 0 Å². The van der Waals surface area contributed by atoms with Crippen LogP contribution >= 0.6 is 0 Å². The molecular formula is C20H19NO6S. The average molecular weight is 401 g/mol. The number of benzene rings is 2. The van der Waals surface area contributed by atoms with Crippen LogP contribution in [0.15, 0.2) is 64.4 Å². The Hall–Kier alpha value is -2.71. The summed E-state index contributed by atoms with van der Waals surface area (Å²) in [5, 5.41) is 0. The molecule has 7 nitrogen and oxygen atoms in total. The van der Waals surface area contributed by atoms with Crippen molar-refractivity contribution in [2.24, 2.45) is 0 Å². The molecule has 4 rings (SSSR count). The molecule has 2 heterocycles. The van der Waals surface area contributed by atoms with Crippen molar-refractivity contribution < 1.29 is 27.5 Å². The molecule has 8 heteroatoms. The summed E-state index contributed by atoms with van der Waals surface area (Å²) in [6, 6.07) is 13.7. The molecule has 2 aromatic carbocycles. The summed E-state index contributed by atoms with van der Waals surface area (Å²) < 4.78 is 36.5. The van der Waals surface area contributed by atoms with Crippen LogP contribution in [0, 0.1) is 0 Å². The molecule has 2 aliphatic heterocycles. The van der Waals surface area contributed by atoms with Gasteiger partial charge in [-0.2, -0.15) is 0 Å². The van der Waals surface area contributed by atoms with Crippen LogP contribution in [0.2, 0.25) is 0 Å². The molecule has 0 spiro atoms. The monoisotopic (exact) mass is 401 g/mol. The summed E-state index contributed by atoms with van der Waals surface area (Å²) in [5.41, 5.74) is -0.810. The minimum Gasteiger partial charge on any atom is -0.417 e. The van der Waals surface area contributed by atoms with E-state index >= 15 is 0 Å². The number of sulfone groups is 1. The quantitative estimate of drug-likeness (QED) is 0.785. The Morgan fingerprint density at radius 2 is 1.61 bits per heavy atom. The Labute approximate surface area is 162 Å². The summed E-state index contributed by atoms with van der Waals surface area (Å²) in [6.45, 7) is 1.61. The van der Waals surface area contributed by atoms with Gasteiger partial charge in [-0.05, 0) is 36.8 Å². The molecule has 0 radical (unpaired) electrons. The summed E-state index contributed by atoms with van der Waals surface area (Å²) in [4.78, 5) is 26.2. The molecule has 2 aliphatic rings. The van der Waals surface area contributed by atoms with E-state index in [1.165, 1.54) is 29.2 Å². The van der Waals surface area contributed by atoms with Crippen molar-refractivity contribution in [1.29, 1.82) is 0 Å². The van der Waals surface area contributed by atoms with E-state index in [1.807, 2.05) is 0 Å². The standard InChI is InChI=1S/C20H19NO6S/c1-20(17(22)12-16-18(27-20)26-19(23)21(16)2)13-8-10-15(11-9-13)28(24,25)14-6-4-3-5-7-14/h3-11,16,18H,12H2,1-2H3/t16-,18-,20+/m1/s1. The zero-order valence-corrected chi connectivity index (χ0v) is 16.2. The molecule has 0 aliphatic carbocycles. The first-order valence-corrected chi connectivity index (χ1v) is 10.3. The van der Waals surface area contributed by atoms with Crippen LogP contribution in [0.25, 0.3) is 0 Å². The SMILES string of the molecule is CN1C(=O)O[C@@H]2O[C@@](C)(c3ccc(S(=O)(=O)c4ccccc4)cc3)C(=O)C[C@H]21. The lowest BCUT2D eigenvalue weighted by Gasteiger charge is -2.38. The number of rotatable bonds is 3. The van der Waals surface area contributed by atoms with Gasteiger partial charge in [0.25, 0.3) is 0 Å². The number of Topliss-reactive ketones (excluding diaryl/α,β-unsaturated/α-hetero) is 1. The highest BCUT2D eigenvalue weighted by atomic mass is 32.2. The van der Waals surface area contributed by atoms with Gasteiger partial charge in [-0.1, -0.05) is 30.3 Å². The van der Waals surface area contributed by atoms with Crippen molar-refractivity contribution in [2.75, 3.05) is 7.05 Å². The number of nitrogens with zero attached hydrogens (tertiary/aromatic N) is 1. The number of ether oxygens (including phenoxy) is 2. The van der Waals surface area contributed by atoms with E-state index in [0.29, 0.717) is 5.56 Å². The summed E-state index contributed by atoms with van der Waals surface area (Å²) in [5.74, 6) is -0.197. The first-order chi connectivity index (χ1) is 13.2. The molecule has 0 aromatic heterocycles. The average Bonchev–Trinajstić information content (AvgIpc) is 2.96. The first-order valence-electron chi connectivity index (χ1n) is 8.79. The van der Waals surface area contributed by atoms with E-state index in [1.54, 1.807) is 44.3 Å². The highest BCUT2D eigenvalue weighted by Crippen LogP contribution is 2.39. The van der Waals surface area contributed by atoms with E-state index < -0.39 is 33.9 Å². The van der Waals surface area contributed by atoms with Crippen molar-refractivity contribution >= 4 is 21.7 Å². The van der Waals surface area contributed by atoms with Crippen molar-refractivity contribution in [3.05, 3.63) is 60.2 Å². The second kappa shape index (κ2) is 6.42. The third-order valence-electron chi connectivity index (χ3n) is 5.36. The molecule has 28 heavy (non-hydrogen) atoms. The van der Waals surface area contributed by atoms with Crippen LogP contribution in [-0.4, -0.2) is 44.6 Å². The zero-order valence-electron chi connectivity index (χ0n) is 15.4. The van der Waals surface area contributed by atoms with Gasteiger partial charge in [0.2, 0.25) is 16.1 Å². The molecule has 146 valence electrons. The van der Waals surface area contributed by atoms with Crippen LogP contribution in [0.3, 0.4) is 0 Å². The maximum atomic E-state index is 12.8. The van der Waals surface area contributed by atoms with Gasteiger partial charge in [-0.3, -0.25) is 4.79 Å². The number of ketones is 1. The maximum absolute atomic E-state index is 12.8. The third kappa shape index (κ3) is 2.80. The van der Waals surface area contributed by atoms with Gasteiger partial charge in [-0.25, -0.2) is 13.2 Å². The number of hydrogen-bond donors (Lipinski definition) is 0. The highest BCUT2D eigenvalue weighted by Gasteiger charge is 2.53. The number of carbonyl (C=O) groups is 2. The summed E-state index contributed by atoms with van der Waals surface area (Å²) in [7, 11) is -2.09. The lowest BCUT2D eigenvalue weighted by atomic mass is 9.85. The molecule has 0 saturated carbocycles. The molecule has 0 bridgehead atoms. The van der Waals surface area contributed by atoms with Gasteiger partial charge in [0.15, 0.2) is 11.4 Å². The topological polar surface area (TPSA) is 90.0 Å². The lowest BCUT2D eigenvalue weighted by Crippen LogP contribution is -2.51. The smallest absolute Gasteiger partial charge is 0.412 e. The third-order valence-corrected chi connectivity index (χ3v) is 7.15. The van der Waals surface area contributed by atoms with Gasteiger partial charge in [-0.15, -0.1) is 0 Å². The first kappa shape index (κ1) is 18.6. The fraction of sp³-hybridized carbons (Fsp3) is 0.300. The lowest BCUT2D eigenvalue weighted by molar-refractivity contribution is -0.205. The fourth-order valence-electron chi connectivity index (χ4n) is 3.51. The second-order valence-electron chi connectivity index (χ2n) is 7.05. The minimum atomic E-state index is -3.65. The Morgan fingerprint density at radius 1 is 1.00 bits per heavy atom. The molecule has 1 amide bonds. The van der Waals surface area contributed by atoms with Crippen LogP contribution in [-0.2, 0) is 29.7 Å². The van der Waals surface area contributed by atoms with Gasteiger partial charge in [0.1, 0.15) is 6.04 Å². The zero-order chi connectivity index (χ0) is 20.1. The van der Waals surface area contributed by atoms with Gasteiger partial charge in [0.05, 0.1) is 9.79 Å². The van der Waals surface area contributed by atoms with Crippen molar-refractivity contribution in [2.45, 2.75) is 41.1 Å². The Balaban J connectivity index is 1.64. The Kier molecular flexibility index (Phi) is 4.28. The van der Waals surface area contributed by atoms with Crippen LogP contribution in [0.1, 0.15) is 18.9 Å². The molecule has 2 fully saturated rings. The number of amides is 1. The van der Waals surface area contributed by atoms with Gasteiger partial charge in [0, 0.05) is 13.5 Å². The van der Waals surface area contributed by atoms with E-state index in [-0.39, 0.29) is 22.0 Å². The molecular weight excluding hydrogens is 382 g/mol. The van der Waals surface area contributed by atoms with Crippen LogP contribution in [0.4, 0.5) is 4.79 Å². The van der Waals surface area contributed by atoms with E-state index in [9.17, 15) is 18.0 Å². The van der Waals surface area contributed by atoms with E-state index in [4.69, 9.17) is 9.47 Å². The maximum Gasteiger partial charge on any atom is 0.412 e. The fourth-order valence-corrected chi connectivity index (χ4v) is 4.80. The Bertz CT molecular complexity index is 1030. The summed E-state index contributed by atoms with van der Waals surface area (Å²) in [6.07, 6.45) is -1.27. The summed E-state index contributed by atoms with van der Waals surface area (Å²) >= 11 is 0. The normalized spacial score (nSPS) is 27.4. The number of carbonyl (C=O) groups excluding carboxylic acids is 2. The largest absolute Gasteiger partial charge is 0.417 e. The van der Waals surface area contributed by atoms with Crippen LogP contribution in [0.5, 0.6) is 0 Å². The molecule has 3 atom stereocenters. The molecule has 2 saturated heterocycles. The number of hydrogen-bond acceptors (Lipinski definition) is 6. The number of likely N-dealkylation sites (N-methyl/N-ethyl adjacent to an activating group) is 1. The molecule has 2 aromatic rings. The van der Waals surface area contributed by atoms with Gasteiger partial charge >= 0.3 is 6.09 Å². The molecule has 0 unspecified atom stereocenters. The predicted molar refractivity (Wildman–Crippen MR) is 98.2 cm³/mol. The molecule has 0 N–H and O–H groups in total. The van der Waals surface area contributed by atoms with Gasteiger partial charge < -0.3 is 14.4 Å².